The first-order chi connectivity index (χ1) is 8.79. The highest BCUT2D eigenvalue weighted by Gasteiger charge is 2.04. The highest BCUT2D eigenvalue weighted by atomic mass is 16.3. The molecule has 0 unspecified atom stereocenters. The highest BCUT2D eigenvalue weighted by Crippen LogP contribution is 2.10. The summed E-state index contributed by atoms with van der Waals surface area (Å²) in [5.41, 5.74) is 3.00. The van der Waals surface area contributed by atoms with Crippen LogP contribution in [0.2, 0.25) is 0 Å². The van der Waals surface area contributed by atoms with Gasteiger partial charge in [-0.1, -0.05) is 48.5 Å². The lowest BCUT2D eigenvalue weighted by atomic mass is 10.0. The fourth-order valence-electron chi connectivity index (χ4n) is 1.92. The molecule has 0 radical (unpaired) electrons. The third-order valence-corrected chi connectivity index (χ3v) is 2.94. The standard InChI is InChI=1S/C16H16O2/c17-12-16(18)15-8-4-7-14(11-15)10-9-13-5-2-1-3-6-13/h1-8,11,17H,9-10,12H2. The van der Waals surface area contributed by atoms with Gasteiger partial charge in [-0.3, -0.25) is 4.79 Å². The van der Waals surface area contributed by atoms with E-state index in [0.29, 0.717) is 5.56 Å². The third kappa shape index (κ3) is 3.28. The van der Waals surface area contributed by atoms with E-state index in [9.17, 15) is 4.79 Å². The second-order valence-electron chi connectivity index (χ2n) is 4.27. The number of aryl methyl sites for hydroxylation is 2. The first kappa shape index (κ1) is 12.5. The van der Waals surface area contributed by atoms with Crippen LogP contribution in [0, 0.1) is 0 Å². The highest BCUT2D eigenvalue weighted by molar-refractivity contribution is 5.97. The average molecular weight is 240 g/mol. The van der Waals surface area contributed by atoms with Crippen molar-refractivity contribution < 1.29 is 9.90 Å². The molecule has 0 aliphatic carbocycles. The van der Waals surface area contributed by atoms with Gasteiger partial charge in [0.2, 0.25) is 0 Å². The van der Waals surface area contributed by atoms with Crippen LogP contribution >= 0.6 is 0 Å². The number of hydrogen-bond donors (Lipinski definition) is 1. The smallest absolute Gasteiger partial charge is 0.188 e. The number of hydrogen-bond acceptors (Lipinski definition) is 2. The van der Waals surface area contributed by atoms with Gasteiger partial charge in [-0.05, 0) is 30.0 Å². The molecule has 2 aromatic carbocycles. The van der Waals surface area contributed by atoms with Crippen LogP contribution in [0.5, 0.6) is 0 Å². The van der Waals surface area contributed by atoms with Crippen molar-refractivity contribution in [3.05, 3.63) is 71.3 Å². The minimum atomic E-state index is -0.428. The van der Waals surface area contributed by atoms with Crippen molar-refractivity contribution in [3.8, 4) is 0 Å². The zero-order chi connectivity index (χ0) is 12.8. The molecule has 0 amide bonds. The van der Waals surface area contributed by atoms with E-state index in [4.69, 9.17) is 5.11 Å². The lowest BCUT2D eigenvalue weighted by Gasteiger charge is -2.04. The summed E-state index contributed by atoms with van der Waals surface area (Å²) < 4.78 is 0. The maximum absolute atomic E-state index is 11.4. The summed E-state index contributed by atoms with van der Waals surface area (Å²) in [4.78, 5) is 11.4. The summed E-state index contributed by atoms with van der Waals surface area (Å²) in [6.07, 6.45) is 1.86. The van der Waals surface area contributed by atoms with Crippen molar-refractivity contribution in [2.75, 3.05) is 6.61 Å². The number of Topliss-reactive ketones (excluding diaryl/α,β-unsaturated/α-hetero) is 1. The SMILES string of the molecule is O=C(CO)c1cccc(CCc2ccccc2)c1. The molecule has 18 heavy (non-hydrogen) atoms. The lowest BCUT2D eigenvalue weighted by Crippen LogP contribution is -2.04. The van der Waals surface area contributed by atoms with E-state index in [2.05, 4.69) is 12.1 Å². The van der Waals surface area contributed by atoms with E-state index < -0.39 is 6.61 Å². The van der Waals surface area contributed by atoms with Crippen LogP contribution in [0.3, 0.4) is 0 Å². The van der Waals surface area contributed by atoms with Crippen LogP contribution in [0.1, 0.15) is 21.5 Å². The first-order valence-corrected chi connectivity index (χ1v) is 6.06. The molecule has 2 rings (SSSR count). The van der Waals surface area contributed by atoms with Crippen LogP contribution in [0.15, 0.2) is 54.6 Å². The molecule has 0 spiro atoms. The van der Waals surface area contributed by atoms with E-state index in [1.165, 1.54) is 5.56 Å². The Morgan fingerprint density at radius 1 is 0.889 bits per heavy atom. The largest absolute Gasteiger partial charge is 0.388 e. The minimum absolute atomic E-state index is 0.225. The Labute approximate surface area is 107 Å². The van der Waals surface area contributed by atoms with Crippen molar-refractivity contribution >= 4 is 5.78 Å². The molecule has 0 saturated heterocycles. The van der Waals surface area contributed by atoms with Crippen molar-refractivity contribution in [2.24, 2.45) is 0 Å². The number of benzene rings is 2. The van der Waals surface area contributed by atoms with Crippen molar-refractivity contribution in [3.63, 3.8) is 0 Å². The molecule has 0 aliphatic heterocycles. The Bertz CT molecular complexity index is 518. The molecule has 0 atom stereocenters. The molecule has 2 aromatic rings. The van der Waals surface area contributed by atoms with Gasteiger partial charge < -0.3 is 5.11 Å². The van der Waals surface area contributed by atoms with Crippen LogP contribution in [0.25, 0.3) is 0 Å². The minimum Gasteiger partial charge on any atom is -0.388 e. The molecule has 1 N–H and O–H groups in total. The van der Waals surface area contributed by atoms with Crippen LogP contribution in [0.4, 0.5) is 0 Å². The van der Waals surface area contributed by atoms with Crippen LogP contribution < -0.4 is 0 Å². The predicted octanol–water partition coefficient (Wildman–Crippen LogP) is 2.65. The van der Waals surface area contributed by atoms with E-state index in [1.54, 1.807) is 6.07 Å². The molecule has 0 aliphatic rings. The van der Waals surface area contributed by atoms with Gasteiger partial charge in [-0.2, -0.15) is 0 Å². The van der Waals surface area contributed by atoms with Crippen LogP contribution in [-0.2, 0) is 12.8 Å². The van der Waals surface area contributed by atoms with Gasteiger partial charge in [0.05, 0.1) is 0 Å². The van der Waals surface area contributed by atoms with Gasteiger partial charge in [-0.15, -0.1) is 0 Å². The van der Waals surface area contributed by atoms with E-state index in [-0.39, 0.29) is 5.78 Å². The Morgan fingerprint density at radius 2 is 1.56 bits per heavy atom. The molecule has 0 saturated carbocycles. The molecule has 2 heteroatoms. The van der Waals surface area contributed by atoms with Gasteiger partial charge in [0.1, 0.15) is 6.61 Å². The van der Waals surface area contributed by atoms with Crippen LogP contribution in [-0.4, -0.2) is 17.5 Å². The Morgan fingerprint density at radius 3 is 2.28 bits per heavy atom. The third-order valence-electron chi connectivity index (χ3n) is 2.94. The molecular formula is C16H16O2. The normalized spacial score (nSPS) is 10.3. The molecule has 0 aromatic heterocycles. The fraction of sp³-hybridized carbons (Fsp3) is 0.188. The maximum Gasteiger partial charge on any atom is 0.188 e. The summed E-state index contributed by atoms with van der Waals surface area (Å²) >= 11 is 0. The summed E-state index contributed by atoms with van der Waals surface area (Å²) in [5, 5.41) is 8.84. The number of carbonyl (C=O) groups excluding carboxylic acids is 1. The summed E-state index contributed by atoms with van der Waals surface area (Å²) in [5.74, 6) is -0.225. The average Bonchev–Trinajstić information content (AvgIpc) is 2.45. The number of ketones is 1. The van der Waals surface area contributed by atoms with Crippen molar-refractivity contribution in [1.29, 1.82) is 0 Å². The second-order valence-corrected chi connectivity index (χ2v) is 4.27. The zero-order valence-corrected chi connectivity index (χ0v) is 10.2. The van der Waals surface area contributed by atoms with Gasteiger partial charge in [-0.25, -0.2) is 0 Å². The lowest BCUT2D eigenvalue weighted by molar-refractivity contribution is 0.0903. The molecule has 0 heterocycles. The Kier molecular flexibility index (Phi) is 4.26. The fourth-order valence-corrected chi connectivity index (χ4v) is 1.92. The first-order valence-electron chi connectivity index (χ1n) is 6.06. The van der Waals surface area contributed by atoms with E-state index >= 15 is 0 Å². The molecule has 0 bridgehead atoms. The summed E-state index contributed by atoms with van der Waals surface area (Å²) in [6, 6.07) is 17.7. The monoisotopic (exact) mass is 240 g/mol. The van der Waals surface area contributed by atoms with Gasteiger partial charge in [0, 0.05) is 5.56 Å². The van der Waals surface area contributed by atoms with Gasteiger partial charge in [0.15, 0.2) is 5.78 Å². The van der Waals surface area contributed by atoms with E-state index in [0.717, 1.165) is 18.4 Å². The van der Waals surface area contributed by atoms with E-state index in [1.807, 2.05) is 36.4 Å². The molecule has 92 valence electrons. The quantitative estimate of drug-likeness (QED) is 0.816. The van der Waals surface area contributed by atoms with Crippen molar-refractivity contribution in [1.82, 2.24) is 0 Å². The molecular weight excluding hydrogens is 224 g/mol. The van der Waals surface area contributed by atoms with Crippen molar-refractivity contribution in [2.45, 2.75) is 12.8 Å². The summed E-state index contributed by atoms with van der Waals surface area (Å²) in [7, 11) is 0. The Balaban J connectivity index is 2.04. The second kappa shape index (κ2) is 6.12. The Hall–Kier alpha value is -1.93. The number of aliphatic hydroxyl groups excluding tert-OH is 1. The summed E-state index contributed by atoms with van der Waals surface area (Å²) in [6.45, 7) is -0.428. The molecule has 2 nitrogen and oxygen atoms in total. The zero-order valence-electron chi connectivity index (χ0n) is 10.2. The molecule has 0 fully saturated rings. The number of rotatable bonds is 5. The van der Waals surface area contributed by atoms with Gasteiger partial charge >= 0.3 is 0 Å². The number of aliphatic hydroxyl groups is 1. The predicted molar refractivity (Wildman–Crippen MR) is 71.7 cm³/mol. The maximum atomic E-state index is 11.4. The topological polar surface area (TPSA) is 37.3 Å². The van der Waals surface area contributed by atoms with Gasteiger partial charge in [0.25, 0.3) is 0 Å². The number of carbonyl (C=O) groups is 1.